The van der Waals surface area contributed by atoms with E-state index in [1.807, 2.05) is 0 Å². The van der Waals surface area contributed by atoms with Crippen molar-refractivity contribution in [2.24, 2.45) is 23.7 Å². The molecule has 142 valence electrons. The third-order valence-electron chi connectivity index (χ3n) is 4.34. The lowest BCUT2D eigenvalue weighted by atomic mass is 9.83. The maximum Gasteiger partial charge on any atom is 0.392 e. The first kappa shape index (κ1) is 19.7. The van der Waals surface area contributed by atoms with Gasteiger partial charge in [-0.15, -0.1) is 0 Å². The second-order valence-corrected chi connectivity index (χ2v) is 7.57. The normalized spacial score (nSPS) is 28.3. The highest BCUT2D eigenvalue weighted by Gasteiger charge is 2.52. The van der Waals surface area contributed by atoms with E-state index in [0.717, 1.165) is 0 Å². The fourth-order valence-corrected chi connectivity index (χ4v) is 3.41. The van der Waals surface area contributed by atoms with E-state index in [9.17, 15) is 31.9 Å². The summed E-state index contributed by atoms with van der Waals surface area (Å²) >= 11 is 0. The Labute approximate surface area is 142 Å². The second kappa shape index (κ2) is 7.34. The highest BCUT2D eigenvalue weighted by Crippen LogP contribution is 2.48. The maximum atomic E-state index is 12.9. The molecule has 0 radical (unpaired) electrons. The van der Waals surface area contributed by atoms with Crippen molar-refractivity contribution in [1.82, 2.24) is 0 Å². The first-order valence-corrected chi connectivity index (χ1v) is 8.99. The highest BCUT2D eigenvalue weighted by atomic mass is 32.2. The lowest BCUT2D eigenvalue weighted by Crippen LogP contribution is -2.34. The van der Waals surface area contributed by atoms with Crippen molar-refractivity contribution in [3.8, 4) is 0 Å². The van der Waals surface area contributed by atoms with Crippen molar-refractivity contribution in [1.29, 1.82) is 0 Å². The lowest BCUT2D eigenvalue weighted by Gasteiger charge is -2.23. The monoisotopic (exact) mass is 384 g/mol. The van der Waals surface area contributed by atoms with Crippen LogP contribution in [0, 0.1) is 23.7 Å². The van der Waals surface area contributed by atoms with Crippen LogP contribution < -0.4 is 0 Å². The first-order chi connectivity index (χ1) is 11.5. The molecule has 2 N–H and O–H groups in total. The summed E-state index contributed by atoms with van der Waals surface area (Å²) in [7, 11) is -5.54. The Balaban J connectivity index is 1.71. The Kier molecular flexibility index (Phi) is 5.79. The molecule has 2 aliphatic carbocycles. The standard InChI is InChI=1S/C14H18F2O8S/c15-14(16,25(20,21)22)7-23-4-1-5-24-13(19)11-9-3-2-8(6-9)10(11)12(17)18/h2-3,8-11H,1,4-7H2,(H,17,18)(H,20,21,22). The largest absolute Gasteiger partial charge is 0.481 e. The number of carbonyl (C=O) groups excluding carboxylic acids is 1. The van der Waals surface area contributed by atoms with E-state index in [4.69, 9.17) is 9.29 Å². The number of ether oxygens (including phenoxy) is 2. The summed E-state index contributed by atoms with van der Waals surface area (Å²) in [6.45, 7) is -2.02. The molecule has 2 rings (SSSR count). The zero-order valence-electron chi connectivity index (χ0n) is 13.0. The van der Waals surface area contributed by atoms with Gasteiger partial charge in [0, 0.05) is 6.42 Å². The molecular weight excluding hydrogens is 366 g/mol. The van der Waals surface area contributed by atoms with Gasteiger partial charge < -0.3 is 14.6 Å². The summed E-state index contributed by atoms with van der Waals surface area (Å²) in [4.78, 5) is 23.4. The molecule has 1 fully saturated rings. The molecule has 2 aliphatic rings. The van der Waals surface area contributed by atoms with Crippen LogP contribution in [-0.2, 0) is 29.2 Å². The van der Waals surface area contributed by atoms with E-state index in [-0.39, 0.29) is 31.5 Å². The van der Waals surface area contributed by atoms with Crippen LogP contribution in [0.15, 0.2) is 12.2 Å². The Hall–Kier alpha value is -1.59. The van der Waals surface area contributed by atoms with Gasteiger partial charge in [-0.25, -0.2) is 0 Å². The Morgan fingerprint density at radius 1 is 1.16 bits per heavy atom. The number of allylic oxidation sites excluding steroid dienone is 2. The first-order valence-electron chi connectivity index (χ1n) is 7.55. The van der Waals surface area contributed by atoms with Crippen molar-refractivity contribution in [3.05, 3.63) is 12.2 Å². The molecule has 0 aromatic rings. The smallest absolute Gasteiger partial charge is 0.392 e. The van der Waals surface area contributed by atoms with Crippen LogP contribution in [0.1, 0.15) is 12.8 Å². The Morgan fingerprint density at radius 2 is 1.76 bits per heavy atom. The molecule has 4 unspecified atom stereocenters. The number of hydrogen-bond acceptors (Lipinski definition) is 6. The van der Waals surface area contributed by atoms with Crippen LogP contribution in [0.4, 0.5) is 8.78 Å². The van der Waals surface area contributed by atoms with E-state index in [2.05, 4.69) is 4.74 Å². The third-order valence-corrected chi connectivity index (χ3v) is 5.21. The number of halogens is 2. The maximum absolute atomic E-state index is 12.9. The van der Waals surface area contributed by atoms with Crippen LogP contribution >= 0.6 is 0 Å². The summed E-state index contributed by atoms with van der Waals surface area (Å²) in [5.74, 6) is -3.68. The van der Waals surface area contributed by atoms with E-state index < -0.39 is 45.8 Å². The van der Waals surface area contributed by atoms with Gasteiger partial charge in [0.1, 0.15) is 6.61 Å². The molecule has 0 aromatic heterocycles. The highest BCUT2D eigenvalue weighted by molar-refractivity contribution is 7.86. The van der Waals surface area contributed by atoms with Gasteiger partial charge in [-0.1, -0.05) is 12.2 Å². The molecule has 8 nitrogen and oxygen atoms in total. The number of esters is 1. The topological polar surface area (TPSA) is 127 Å². The number of rotatable bonds is 9. The minimum Gasteiger partial charge on any atom is -0.481 e. The molecule has 0 amide bonds. The summed E-state index contributed by atoms with van der Waals surface area (Å²) in [5.41, 5.74) is 0. The van der Waals surface area contributed by atoms with E-state index in [1.165, 1.54) is 0 Å². The fraction of sp³-hybridized carbons (Fsp3) is 0.714. The molecule has 0 heterocycles. The second-order valence-electron chi connectivity index (χ2n) is 6.02. The van der Waals surface area contributed by atoms with Gasteiger partial charge in [0.15, 0.2) is 0 Å². The average molecular weight is 384 g/mol. The predicted octanol–water partition coefficient (Wildman–Crippen LogP) is 0.940. The number of alkyl halides is 2. The molecule has 0 aromatic carbocycles. The number of carbonyl (C=O) groups is 2. The van der Waals surface area contributed by atoms with Gasteiger partial charge >= 0.3 is 27.3 Å². The average Bonchev–Trinajstić information content (AvgIpc) is 3.09. The Bertz CT molecular complexity index is 660. The van der Waals surface area contributed by atoms with Crippen LogP contribution in [-0.4, -0.2) is 55.1 Å². The zero-order chi connectivity index (χ0) is 18.8. The van der Waals surface area contributed by atoms with Gasteiger partial charge in [-0.2, -0.15) is 17.2 Å². The van der Waals surface area contributed by atoms with Gasteiger partial charge in [0.05, 0.1) is 25.0 Å². The molecule has 0 aliphatic heterocycles. The Morgan fingerprint density at radius 3 is 2.32 bits per heavy atom. The van der Waals surface area contributed by atoms with Crippen molar-refractivity contribution < 1.29 is 45.9 Å². The predicted molar refractivity (Wildman–Crippen MR) is 78.2 cm³/mol. The molecule has 25 heavy (non-hydrogen) atoms. The number of fused-ring (bicyclic) bond motifs is 2. The van der Waals surface area contributed by atoms with Gasteiger partial charge in [0.2, 0.25) is 0 Å². The summed E-state index contributed by atoms with van der Waals surface area (Å²) in [6.07, 6.45) is 4.19. The van der Waals surface area contributed by atoms with Crippen LogP contribution in [0.5, 0.6) is 0 Å². The fourth-order valence-electron chi connectivity index (χ4n) is 3.18. The van der Waals surface area contributed by atoms with E-state index >= 15 is 0 Å². The van der Waals surface area contributed by atoms with Crippen molar-refractivity contribution >= 4 is 22.1 Å². The third kappa shape index (κ3) is 4.33. The molecular formula is C14H18F2O8S. The number of carboxylic acid groups (broad SMARTS) is 1. The van der Waals surface area contributed by atoms with Crippen LogP contribution in [0.3, 0.4) is 0 Å². The van der Waals surface area contributed by atoms with E-state index in [1.54, 1.807) is 12.2 Å². The quantitative estimate of drug-likeness (QED) is 0.260. The van der Waals surface area contributed by atoms with E-state index in [0.29, 0.717) is 6.42 Å². The van der Waals surface area contributed by atoms with Crippen molar-refractivity contribution in [3.63, 3.8) is 0 Å². The van der Waals surface area contributed by atoms with Crippen LogP contribution in [0.25, 0.3) is 0 Å². The molecule has 2 bridgehead atoms. The number of hydrogen-bond donors (Lipinski definition) is 2. The molecule has 4 atom stereocenters. The van der Waals surface area contributed by atoms with Gasteiger partial charge in [0.25, 0.3) is 0 Å². The SMILES string of the molecule is O=C(O)C1C2C=CC(C2)C1C(=O)OCCCOCC(F)(F)S(=O)(=O)O. The lowest BCUT2D eigenvalue weighted by molar-refractivity contribution is -0.158. The number of aliphatic carboxylic acids is 1. The van der Waals surface area contributed by atoms with Crippen LogP contribution in [0.2, 0.25) is 0 Å². The molecule has 0 spiro atoms. The van der Waals surface area contributed by atoms with Crippen molar-refractivity contribution in [2.75, 3.05) is 19.8 Å². The molecule has 11 heteroatoms. The minimum absolute atomic E-state index is 0.0156. The summed E-state index contributed by atoms with van der Waals surface area (Å²) < 4.78 is 64.2. The van der Waals surface area contributed by atoms with Gasteiger partial charge in [-0.3, -0.25) is 14.1 Å². The summed E-state index contributed by atoms with van der Waals surface area (Å²) in [6, 6.07) is 0. The summed E-state index contributed by atoms with van der Waals surface area (Å²) in [5, 5.41) is 4.83. The van der Waals surface area contributed by atoms with Gasteiger partial charge in [-0.05, 0) is 18.3 Å². The molecule has 1 saturated carbocycles. The molecule has 0 saturated heterocycles. The zero-order valence-corrected chi connectivity index (χ0v) is 13.8. The van der Waals surface area contributed by atoms with Crippen molar-refractivity contribution in [2.45, 2.75) is 18.1 Å². The number of carboxylic acids is 1. The minimum atomic E-state index is -5.54.